The van der Waals surface area contributed by atoms with Crippen LogP contribution in [0.15, 0.2) is 75.7 Å². The highest BCUT2D eigenvalue weighted by atomic mass is 35.5. The predicted octanol–water partition coefficient (Wildman–Crippen LogP) is 5.16. The summed E-state index contributed by atoms with van der Waals surface area (Å²) < 4.78 is 34.3. The zero-order valence-electron chi connectivity index (χ0n) is 20.1. The van der Waals surface area contributed by atoms with Crippen LogP contribution in [-0.4, -0.2) is 44.2 Å². The normalized spacial score (nSPS) is 19.6. The third-order valence-corrected chi connectivity index (χ3v) is 9.95. The fraction of sp³-hybridized carbons (Fsp3) is 0.385. The lowest BCUT2D eigenvalue weighted by Gasteiger charge is -2.38. The molecule has 5 rings (SSSR count). The van der Waals surface area contributed by atoms with Crippen molar-refractivity contribution < 1.29 is 13.2 Å². The highest BCUT2D eigenvalue weighted by Crippen LogP contribution is 2.42. The standard InChI is InChI=1S/C26H29ClN4O3S2/c1-19-14-26(18-34-19)10-12-31(13-11-26)23-16-29-24(17-28-23)35-21-8-5-9-22(25(21)27)36(32,33)30-15-20-6-3-2-4-7-20/h2-9,16-17,19,30H,10-15,18H2,1H3/t19-/m0/s1. The van der Waals surface area contributed by atoms with E-state index < -0.39 is 10.0 Å². The quantitative estimate of drug-likeness (QED) is 0.440. The predicted molar refractivity (Wildman–Crippen MR) is 142 cm³/mol. The van der Waals surface area contributed by atoms with Gasteiger partial charge in [0.2, 0.25) is 10.0 Å². The van der Waals surface area contributed by atoms with Crippen LogP contribution in [0.3, 0.4) is 0 Å². The van der Waals surface area contributed by atoms with Crippen LogP contribution in [0, 0.1) is 5.41 Å². The molecule has 2 saturated heterocycles. The van der Waals surface area contributed by atoms with Crippen molar-refractivity contribution in [3.8, 4) is 0 Å². The minimum absolute atomic E-state index is 0.0436. The lowest BCUT2D eigenvalue weighted by Crippen LogP contribution is -2.41. The van der Waals surface area contributed by atoms with E-state index in [0.29, 0.717) is 21.4 Å². The number of ether oxygens (including phenoxy) is 1. The van der Waals surface area contributed by atoms with Gasteiger partial charge < -0.3 is 9.64 Å². The zero-order valence-corrected chi connectivity index (χ0v) is 22.5. The van der Waals surface area contributed by atoms with Gasteiger partial charge in [0.15, 0.2) is 0 Å². The van der Waals surface area contributed by atoms with E-state index in [1.54, 1.807) is 24.5 Å². The molecule has 2 aromatic carbocycles. The van der Waals surface area contributed by atoms with E-state index in [0.717, 1.165) is 50.3 Å². The van der Waals surface area contributed by atoms with Crippen LogP contribution in [0.4, 0.5) is 5.82 Å². The molecule has 3 aromatic rings. The van der Waals surface area contributed by atoms with Crippen LogP contribution in [-0.2, 0) is 21.3 Å². The Morgan fingerprint density at radius 3 is 2.56 bits per heavy atom. The first-order valence-corrected chi connectivity index (χ1v) is 14.7. The van der Waals surface area contributed by atoms with Gasteiger partial charge in [0, 0.05) is 24.5 Å². The fourth-order valence-electron chi connectivity index (χ4n) is 4.87. The summed E-state index contributed by atoms with van der Waals surface area (Å²) in [6, 6.07) is 14.3. The van der Waals surface area contributed by atoms with Crippen molar-refractivity contribution in [2.24, 2.45) is 5.41 Å². The maximum atomic E-state index is 12.9. The molecular weight excluding hydrogens is 516 g/mol. The van der Waals surface area contributed by atoms with Crippen molar-refractivity contribution in [2.75, 3.05) is 24.6 Å². The van der Waals surface area contributed by atoms with Gasteiger partial charge in [-0.2, -0.15) is 0 Å². The summed E-state index contributed by atoms with van der Waals surface area (Å²) in [7, 11) is -3.79. The van der Waals surface area contributed by atoms with Gasteiger partial charge in [0.1, 0.15) is 15.7 Å². The number of nitrogens with zero attached hydrogens (tertiary/aromatic N) is 3. The topological polar surface area (TPSA) is 84.4 Å². The van der Waals surface area contributed by atoms with E-state index >= 15 is 0 Å². The van der Waals surface area contributed by atoms with Crippen molar-refractivity contribution in [1.82, 2.24) is 14.7 Å². The number of piperidine rings is 1. The summed E-state index contributed by atoms with van der Waals surface area (Å²) in [6.45, 7) is 5.09. The summed E-state index contributed by atoms with van der Waals surface area (Å²) in [5.41, 5.74) is 1.19. The first-order chi connectivity index (χ1) is 17.3. The molecule has 0 bridgehead atoms. The minimum Gasteiger partial charge on any atom is -0.378 e. The molecule has 1 atom stereocenters. The summed E-state index contributed by atoms with van der Waals surface area (Å²) in [5.74, 6) is 0.855. The highest BCUT2D eigenvalue weighted by Gasteiger charge is 2.41. The number of anilines is 1. The Bertz CT molecular complexity index is 1300. The van der Waals surface area contributed by atoms with Gasteiger partial charge >= 0.3 is 0 Å². The van der Waals surface area contributed by atoms with Gasteiger partial charge in [-0.1, -0.05) is 59.8 Å². The minimum atomic E-state index is -3.79. The molecule has 0 saturated carbocycles. The van der Waals surface area contributed by atoms with Crippen LogP contribution in [0.5, 0.6) is 0 Å². The van der Waals surface area contributed by atoms with E-state index in [2.05, 4.69) is 26.5 Å². The molecule has 0 aliphatic carbocycles. The van der Waals surface area contributed by atoms with Gasteiger partial charge in [0.25, 0.3) is 0 Å². The van der Waals surface area contributed by atoms with Crippen molar-refractivity contribution in [2.45, 2.75) is 53.7 Å². The molecule has 190 valence electrons. The number of benzene rings is 2. The Labute approximate surface area is 221 Å². The molecule has 2 aliphatic rings. The van der Waals surface area contributed by atoms with Crippen LogP contribution < -0.4 is 9.62 Å². The molecule has 1 aromatic heterocycles. The molecule has 3 heterocycles. The molecule has 10 heteroatoms. The number of aromatic nitrogens is 2. The van der Waals surface area contributed by atoms with Gasteiger partial charge in [-0.15, -0.1) is 0 Å². The zero-order chi connectivity index (χ0) is 25.2. The van der Waals surface area contributed by atoms with Crippen molar-refractivity contribution >= 4 is 39.2 Å². The van der Waals surface area contributed by atoms with Gasteiger partial charge in [-0.25, -0.2) is 23.1 Å². The number of hydrogen-bond donors (Lipinski definition) is 1. The van der Waals surface area contributed by atoms with E-state index in [1.807, 2.05) is 30.3 Å². The van der Waals surface area contributed by atoms with Crippen LogP contribution in [0.1, 0.15) is 31.7 Å². The summed E-state index contributed by atoms with van der Waals surface area (Å²) >= 11 is 7.84. The van der Waals surface area contributed by atoms with Gasteiger partial charge in [0.05, 0.1) is 30.1 Å². The molecule has 7 nitrogen and oxygen atoms in total. The van der Waals surface area contributed by atoms with E-state index in [1.165, 1.54) is 17.8 Å². The van der Waals surface area contributed by atoms with Gasteiger partial charge in [-0.3, -0.25) is 0 Å². The Balaban J connectivity index is 1.23. The second-order valence-electron chi connectivity index (χ2n) is 9.51. The van der Waals surface area contributed by atoms with Crippen LogP contribution in [0.25, 0.3) is 0 Å². The number of rotatable bonds is 7. The highest BCUT2D eigenvalue weighted by molar-refractivity contribution is 7.99. The molecule has 2 fully saturated rings. The summed E-state index contributed by atoms with van der Waals surface area (Å²) in [6.07, 6.45) is 7.20. The maximum absolute atomic E-state index is 12.9. The number of nitrogens with one attached hydrogen (secondary N) is 1. The second-order valence-corrected chi connectivity index (χ2v) is 12.7. The SMILES string of the molecule is C[C@H]1CC2(CCN(c3cnc(Sc4cccc(S(=O)(=O)NCc5ccccc5)c4Cl)cn3)CC2)CO1. The third kappa shape index (κ3) is 5.70. The lowest BCUT2D eigenvalue weighted by atomic mass is 9.77. The van der Waals surface area contributed by atoms with Crippen LogP contribution in [0.2, 0.25) is 5.02 Å². The number of sulfonamides is 1. The molecular formula is C26H29ClN4O3S2. The first-order valence-electron chi connectivity index (χ1n) is 12.0. The average molecular weight is 545 g/mol. The fourth-order valence-corrected chi connectivity index (χ4v) is 7.38. The monoisotopic (exact) mass is 544 g/mol. The molecule has 0 unspecified atom stereocenters. The smallest absolute Gasteiger partial charge is 0.242 e. The third-order valence-electron chi connectivity index (χ3n) is 6.90. The Morgan fingerprint density at radius 1 is 1.11 bits per heavy atom. The van der Waals surface area contributed by atoms with E-state index in [9.17, 15) is 8.42 Å². The maximum Gasteiger partial charge on any atom is 0.242 e. The molecule has 1 spiro atoms. The largest absolute Gasteiger partial charge is 0.378 e. The Kier molecular flexibility index (Phi) is 7.55. The molecule has 0 radical (unpaired) electrons. The molecule has 0 amide bonds. The van der Waals surface area contributed by atoms with E-state index in [4.69, 9.17) is 16.3 Å². The van der Waals surface area contributed by atoms with E-state index in [-0.39, 0.29) is 16.5 Å². The second kappa shape index (κ2) is 10.7. The molecule has 1 N–H and O–H groups in total. The summed E-state index contributed by atoms with van der Waals surface area (Å²) in [4.78, 5) is 12.1. The van der Waals surface area contributed by atoms with Crippen molar-refractivity contribution in [3.63, 3.8) is 0 Å². The first kappa shape index (κ1) is 25.5. The number of halogens is 1. The Morgan fingerprint density at radius 2 is 1.89 bits per heavy atom. The molecule has 36 heavy (non-hydrogen) atoms. The molecule has 2 aliphatic heterocycles. The van der Waals surface area contributed by atoms with Crippen molar-refractivity contribution in [3.05, 3.63) is 71.5 Å². The Hall–Kier alpha value is -2.17. The van der Waals surface area contributed by atoms with Crippen LogP contribution >= 0.6 is 23.4 Å². The average Bonchev–Trinajstić information content (AvgIpc) is 3.25. The number of hydrogen-bond acceptors (Lipinski definition) is 7. The summed E-state index contributed by atoms with van der Waals surface area (Å²) in [5, 5.41) is 0.821. The van der Waals surface area contributed by atoms with Crippen molar-refractivity contribution in [1.29, 1.82) is 0 Å². The van der Waals surface area contributed by atoms with Gasteiger partial charge in [-0.05, 0) is 49.3 Å². The lowest BCUT2D eigenvalue weighted by molar-refractivity contribution is 0.0976.